The van der Waals surface area contributed by atoms with Crippen molar-refractivity contribution in [3.8, 4) is 0 Å². The Morgan fingerprint density at radius 1 is 1.23 bits per heavy atom. The molecule has 0 fully saturated rings. The van der Waals surface area contributed by atoms with Crippen LogP contribution in [0.2, 0.25) is 0 Å². The third-order valence-corrected chi connectivity index (χ3v) is 5.04. The molecule has 0 heterocycles. The number of halogens is 3. The molecule has 1 aromatic rings. The Kier molecular flexibility index (Phi) is 4.59. The Labute approximate surface area is 101 Å². The molecule has 0 spiro atoms. The summed E-state index contributed by atoms with van der Waals surface area (Å²) in [7, 11) is 2.67. The van der Waals surface area contributed by atoms with Gasteiger partial charge < -0.3 is 0 Å². The third kappa shape index (κ3) is 5.28. The fraction of sp³-hybridized carbons (Fsp3) is 0.250. The van der Waals surface area contributed by atoms with Gasteiger partial charge in [-0.1, -0.05) is 57.7 Å². The average molecular weight is 274 g/mol. The van der Waals surface area contributed by atoms with E-state index in [1.807, 2.05) is 31.2 Å². The largest absolute Gasteiger partial charge is 0.247 e. The van der Waals surface area contributed by atoms with E-state index in [9.17, 15) is 0 Å². The molecule has 13 heavy (non-hydrogen) atoms. The van der Waals surface area contributed by atoms with Crippen LogP contribution in [0.25, 0.3) is 0 Å². The predicted octanol–water partition coefficient (Wildman–Crippen LogP) is 5.06. The number of benzene rings is 1. The minimum Gasteiger partial charge on any atom is -0.0710 e. The smallest absolute Gasteiger partial charge is 0.0710 e. The van der Waals surface area contributed by atoms with Gasteiger partial charge in [0.15, 0.2) is 0 Å². The van der Waals surface area contributed by atoms with Crippen molar-refractivity contribution in [2.75, 3.05) is 0 Å². The highest BCUT2D eigenvalue weighted by molar-refractivity contribution is 8.78. The van der Waals surface area contributed by atoms with Crippen LogP contribution in [0.15, 0.2) is 29.2 Å². The number of hydrogen-bond acceptors (Lipinski definition) is 2. The van der Waals surface area contributed by atoms with E-state index in [-0.39, 0.29) is 0 Å². The van der Waals surface area contributed by atoms with Gasteiger partial charge in [0.2, 0.25) is 3.12 Å². The Balaban J connectivity index is 2.55. The second-order valence-electron chi connectivity index (χ2n) is 2.43. The van der Waals surface area contributed by atoms with E-state index in [1.54, 1.807) is 0 Å². The van der Waals surface area contributed by atoms with Gasteiger partial charge in [-0.25, -0.2) is 0 Å². The van der Waals surface area contributed by atoms with Crippen LogP contribution in [0, 0.1) is 6.92 Å². The molecule has 0 bridgehead atoms. The SMILES string of the molecule is Cc1cccc(SSC(Cl)(Cl)Cl)c1. The highest BCUT2D eigenvalue weighted by Gasteiger charge is 2.20. The van der Waals surface area contributed by atoms with Gasteiger partial charge in [-0.3, -0.25) is 0 Å². The summed E-state index contributed by atoms with van der Waals surface area (Å²) in [6, 6.07) is 8.05. The Hall–Kier alpha value is 0.790. The van der Waals surface area contributed by atoms with Gasteiger partial charge in [0, 0.05) is 4.90 Å². The summed E-state index contributed by atoms with van der Waals surface area (Å²) in [5.41, 5.74) is 1.20. The summed E-state index contributed by atoms with van der Waals surface area (Å²) >= 11 is 16.8. The van der Waals surface area contributed by atoms with Crippen molar-refractivity contribution in [2.24, 2.45) is 0 Å². The first kappa shape index (κ1) is 11.9. The van der Waals surface area contributed by atoms with Gasteiger partial charge in [-0.15, -0.1) is 0 Å². The number of rotatable bonds is 2. The van der Waals surface area contributed by atoms with Crippen molar-refractivity contribution >= 4 is 56.4 Å². The molecular weight excluding hydrogens is 267 g/mol. The average Bonchev–Trinajstić information content (AvgIpc) is 2.00. The Bertz CT molecular complexity index is 283. The first-order valence-electron chi connectivity index (χ1n) is 3.46. The molecule has 0 amide bonds. The fourth-order valence-corrected chi connectivity index (χ4v) is 3.05. The molecule has 0 aliphatic rings. The highest BCUT2D eigenvalue weighted by atomic mass is 35.6. The van der Waals surface area contributed by atoms with Crippen LogP contribution in [0.5, 0.6) is 0 Å². The Morgan fingerprint density at radius 3 is 2.46 bits per heavy atom. The zero-order valence-corrected chi connectivity index (χ0v) is 10.7. The number of aryl methyl sites for hydroxylation is 1. The normalized spacial score (nSPS) is 11.7. The first-order valence-corrected chi connectivity index (χ1v) is 6.75. The number of hydrogen-bond donors (Lipinski definition) is 0. The van der Waals surface area contributed by atoms with Gasteiger partial charge in [-0.2, -0.15) is 0 Å². The molecule has 0 radical (unpaired) electrons. The van der Waals surface area contributed by atoms with Gasteiger partial charge >= 0.3 is 0 Å². The molecule has 0 aliphatic heterocycles. The molecule has 0 unspecified atom stereocenters. The van der Waals surface area contributed by atoms with Crippen LogP contribution in [0.4, 0.5) is 0 Å². The molecule has 0 saturated heterocycles. The maximum Gasteiger partial charge on any atom is 0.247 e. The first-order chi connectivity index (χ1) is 5.97. The monoisotopic (exact) mass is 272 g/mol. The second-order valence-corrected chi connectivity index (χ2v) is 7.80. The standard InChI is InChI=1S/C8H7Cl3S2/c1-6-3-2-4-7(5-6)12-13-8(9,10)11/h2-5H,1H3. The van der Waals surface area contributed by atoms with E-state index in [1.165, 1.54) is 27.2 Å². The lowest BCUT2D eigenvalue weighted by Gasteiger charge is -2.08. The van der Waals surface area contributed by atoms with Crippen LogP contribution >= 0.6 is 56.4 Å². The summed E-state index contributed by atoms with van der Waals surface area (Å²) in [5, 5.41) is 0. The molecule has 5 heteroatoms. The summed E-state index contributed by atoms with van der Waals surface area (Å²) in [6.45, 7) is 2.03. The van der Waals surface area contributed by atoms with Crippen LogP contribution in [-0.2, 0) is 0 Å². The van der Waals surface area contributed by atoms with E-state index >= 15 is 0 Å². The topological polar surface area (TPSA) is 0 Å². The van der Waals surface area contributed by atoms with Crippen molar-refractivity contribution in [1.29, 1.82) is 0 Å². The summed E-state index contributed by atoms with van der Waals surface area (Å²) in [6.07, 6.45) is 0. The van der Waals surface area contributed by atoms with Gasteiger partial charge in [0.1, 0.15) is 0 Å². The third-order valence-electron chi connectivity index (χ3n) is 1.22. The minimum atomic E-state index is -1.26. The molecule has 1 aromatic carbocycles. The molecule has 0 nitrogen and oxygen atoms in total. The van der Waals surface area contributed by atoms with Crippen molar-refractivity contribution in [2.45, 2.75) is 14.9 Å². The van der Waals surface area contributed by atoms with Gasteiger partial charge in [0.05, 0.1) is 0 Å². The highest BCUT2D eigenvalue weighted by Crippen LogP contribution is 2.48. The fourth-order valence-electron chi connectivity index (χ4n) is 0.763. The summed E-state index contributed by atoms with van der Waals surface area (Å²) < 4.78 is -1.26. The quantitative estimate of drug-likeness (QED) is 0.545. The summed E-state index contributed by atoms with van der Waals surface area (Å²) in [4.78, 5) is 1.09. The molecule has 0 aliphatic carbocycles. The maximum atomic E-state index is 5.60. The second kappa shape index (κ2) is 5.04. The van der Waals surface area contributed by atoms with Crippen LogP contribution in [-0.4, -0.2) is 3.12 Å². The van der Waals surface area contributed by atoms with E-state index in [0.29, 0.717) is 0 Å². The zero-order chi connectivity index (χ0) is 9.90. The van der Waals surface area contributed by atoms with Gasteiger partial charge in [0.25, 0.3) is 0 Å². The van der Waals surface area contributed by atoms with Crippen molar-refractivity contribution < 1.29 is 0 Å². The van der Waals surface area contributed by atoms with Crippen LogP contribution in [0.1, 0.15) is 5.56 Å². The van der Waals surface area contributed by atoms with Crippen molar-refractivity contribution in [3.63, 3.8) is 0 Å². The maximum absolute atomic E-state index is 5.60. The summed E-state index contributed by atoms with van der Waals surface area (Å²) in [5.74, 6) is 0. The lowest BCUT2D eigenvalue weighted by Crippen LogP contribution is -1.89. The number of alkyl halides is 3. The molecule has 0 N–H and O–H groups in total. The van der Waals surface area contributed by atoms with E-state index in [4.69, 9.17) is 34.8 Å². The molecular formula is C8H7Cl3S2. The molecule has 0 atom stereocenters. The molecule has 0 saturated carbocycles. The van der Waals surface area contributed by atoms with Crippen LogP contribution < -0.4 is 0 Å². The Morgan fingerprint density at radius 2 is 1.92 bits per heavy atom. The minimum absolute atomic E-state index is 1.09. The lowest BCUT2D eigenvalue weighted by atomic mass is 10.2. The van der Waals surface area contributed by atoms with E-state index < -0.39 is 3.12 Å². The molecule has 1 rings (SSSR count). The zero-order valence-electron chi connectivity index (χ0n) is 6.76. The molecule has 0 aromatic heterocycles. The van der Waals surface area contributed by atoms with Crippen LogP contribution in [0.3, 0.4) is 0 Å². The van der Waals surface area contributed by atoms with E-state index in [2.05, 4.69) is 0 Å². The predicted molar refractivity (Wildman–Crippen MR) is 64.9 cm³/mol. The molecule has 72 valence electrons. The van der Waals surface area contributed by atoms with Crippen molar-refractivity contribution in [1.82, 2.24) is 0 Å². The lowest BCUT2D eigenvalue weighted by molar-refractivity contribution is 1.37. The van der Waals surface area contributed by atoms with E-state index in [0.717, 1.165) is 4.90 Å². The van der Waals surface area contributed by atoms with Crippen molar-refractivity contribution in [3.05, 3.63) is 29.8 Å². The van der Waals surface area contributed by atoms with Gasteiger partial charge in [-0.05, 0) is 35.4 Å².